The van der Waals surface area contributed by atoms with Crippen molar-refractivity contribution in [1.82, 2.24) is 5.32 Å². The monoisotopic (exact) mass is 281 g/mol. The minimum atomic E-state index is 0.318. The van der Waals surface area contributed by atoms with Crippen LogP contribution in [0.4, 0.5) is 0 Å². The van der Waals surface area contributed by atoms with Crippen LogP contribution in [0.2, 0.25) is 0 Å². The molecule has 0 saturated heterocycles. The summed E-state index contributed by atoms with van der Waals surface area (Å²) in [7, 11) is 0. The maximum Gasteiger partial charge on any atom is 0.124 e. The summed E-state index contributed by atoms with van der Waals surface area (Å²) in [5.74, 6) is 2.08. The average Bonchev–Trinajstić information content (AvgIpc) is 3.14. The van der Waals surface area contributed by atoms with Gasteiger partial charge in [0, 0.05) is 12.0 Å². The lowest BCUT2D eigenvalue weighted by Gasteiger charge is -2.12. The number of benzene rings is 2. The molecule has 0 saturated carbocycles. The Bertz CT molecular complexity index is 653. The van der Waals surface area contributed by atoms with E-state index in [1.807, 2.05) is 12.1 Å². The maximum atomic E-state index is 5.70. The molecule has 2 heterocycles. The van der Waals surface area contributed by atoms with Crippen molar-refractivity contribution < 1.29 is 9.47 Å². The zero-order valence-electron chi connectivity index (χ0n) is 12.0. The molecular weight excluding hydrogens is 262 g/mol. The van der Waals surface area contributed by atoms with E-state index in [2.05, 4.69) is 35.6 Å². The first-order valence-electron chi connectivity index (χ1n) is 7.60. The third kappa shape index (κ3) is 2.49. The molecule has 1 atom stereocenters. The summed E-state index contributed by atoms with van der Waals surface area (Å²) < 4.78 is 11.2. The predicted molar refractivity (Wildman–Crippen MR) is 82.0 cm³/mol. The van der Waals surface area contributed by atoms with Gasteiger partial charge in [0.15, 0.2) is 0 Å². The normalized spacial score (nSPS) is 18.8. The highest BCUT2D eigenvalue weighted by Gasteiger charge is 2.22. The van der Waals surface area contributed by atoms with E-state index in [0.29, 0.717) is 6.04 Å². The second-order valence-corrected chi connectivity index (χ2v) is 5.65. The Morgan fingerprint density at radius 1 is 1.05 bits per heavy atom. The maximum absolute atomic E-state index is 5.70. The topological polar surface area (TPSA) is 30.5 Å². The van der Waals surface area contributed by atoms with Crippen LogP contribution in [-0.2, 0) is 12.8 Å². The third-order valence-electron chi connectivity index (χ3n) is 4.26. The van der Waals surface area contributed by atoms with Gasteiger partial charge in [-0.05, 0) is 36.2 Å². The SMILES string of the molecule is c1ccc2c(c1)OCC2NCCc1ccc2c(c1)CCO2. The molecule has 2 aliphatic heterocycles. The molecule has 108 valence electrons. The number of ether oxygens (including phenoxy) is 2. The Balaban J connectivity index is 1.36. The number of nitrogens with one attached hydrogen (secondary N) is 1. The molecule has 3 heteroatoms. The van der Waals surface area contributed by atoms with Gasteiger partial charge in [-0.3, -0.25) is 0 Å². The van der Waals surface area contributed by atoms with Crippen molar-refractivity contribution in [3.63, 3.8) is 0 Å². The molecular formula is C18H19NO2. The smallest absolute Gasteiger partial charge is 0.124 e. The van der Waals surface area contributed by atoms with Crippen molar-refractivity contribution >= 4 is 0 Å². The van der Waals surface area contributed by atoms with Gasteiger partial charge in [-0.25, -0.2) is 0 Å². The number of fused-ring (bicyclic) bond motifs is 2. The Morgan fingerprint density at radius 3 is 3.00 bits per heavy atom. The predicted octanol–water partition coefficient (Wildman–Crippen LogP) is 2.89. The highest BCUT2D eigenvalue weighted by molar-refractivity contribution is 5.40. The van der Waals surface area contributed by atoms with Crippen LogP contribution >= 0.6 is 0 Å². The van der Waals surface area contributed by atoms with Gasteiger partial charge < -0.3 is 14.8 Å². The first kappa shape index (κ1) is 12.7. The number of para-hydroxylation sites is 1. The highest BCUT2D eigenvalue weighted by Crippen LogP contribution is 2.31. The zero-order valence-corrected chi connectivity index (χ0v) is 12.0. The molecule has 2 aromatic rings. The Labute approximate surface area is 124 Å². The van der Waals surface area contributed by atoms with Crippen LogP contribution in [0.5, 0.6) is 11.5 Å². The van der Waals surface area contributed by atoms with Gasteiger partial charge in [0.25, 0.3) is 0 Å². The molecule has 1 unspecified atom stereocenters. The molecule has 0 amide bonds. The lowest BCUT2D eigenvalue weighted by atomic mass is 10.1. The molecule has 4 rings (SSSR count). The fourth-order valence-corrected chi connectivity index (χ4v) is 3.12. The van der Waals surface area contributed by atoms with Gasteiger partial charge >= 0.3 is 0 Å². The minimum absolute atomic E-state index is 0.318. The molecule has 2 aliphatic rings. The van der Waals surface area contributed by atoms with Gasteiger partial charge in [0.2, 0.25) is 0 Å². The van der Waals surface area contributed by atoms with Gasteiger partial charge in [-0.15, -0.1) is 0 Å². The standard InChI is InChI=1S/C18H19NO2/c1-2-4-18-15(3-1)16(12-21-18)19-9-7-13-5-6-17-14(11-13)8-10-20-17/h1-6,11,16,19H,7-10,12H2. The first-order chi connectivity index (χ1) is 10.4. The summed E-state index contributed by atoms with van der Waals surface area (Å²) >= 11 is 0. The van der Waals surface area contributed by atoms with E-state index in [0.717, 1.165) is 44.1 Å². The van der Waals surface area contributed by atoms with Crippen LogP contribution in [0.25, 0.3) is 0 Å². The third-order valence-corrected chi connectivity index (χ3v) is 4.26. The quantitative estimate of drug-likeness (QED) is 0.934. The van der Waals surface area contributed by atoms with E-state index in [1.54, 1.807) is 0 Å². The number of hydrogen-bond acceptors (Lipinski definition) is 3. The second-order valence-electron chi connectivity index (χ2n) is 5.65. The molecule has 3 nitrogen and oxygen atoms in total. The van der Waals surface area contributed by atoms with Crippen LogP contribution in [0.3, 0.4) is 0 Å². The van der Waals surface area contributed by atoms with E-state index >= 15 is 0 Å². The number of rotatable bonds is 4. The van der Waals surface area contributed by atoms with E-state index in [9.17, 15) is 0 Å². The van der Waals surface area contributed by atoms with Crippen molar-refractivity contribution in [1.29, 1.82) is 0 Å². The average molecular weight is 281 g/mol. The summed E-state index contributed by atoms with van der Waals surface area (Å²) in [6.45, 7) is 2.52. The second kappa shape index (κ2) is 5.41. The van der Waals surface area contributed by atoms with Crippen molar-refractivity contribution in [3.8, 4) is 11.5 Å². The zero-order chi connectivity index (χ0) is 14.1. The largest absolute Gasteiger partial charge is 0.493 e. The van der Waals surface area contributed by atoms with Crippen LogP contribution < -0.4 is 14.8 Å². The van der Waals surface area contributed by atoms with E-state index < -0.39 is 0 Å². The lowest BCUT2D eigenvalue weighted by molar-refractivity contribution is 0.312. The Hall–Kier alpha value is -2.00. The van der Waals surface area contributed by atoms with Gasteiger partial charge in [0.1, 0.15) is 18.1 Å². The molecule has 2 aromatic carbocycles. The highest BCUT2D eigenvalue weighted by atomic mass is 16.5. The van der Waals surface area contributed by atoms with Crippen molar-refractivity contribution in [3.05, 3.63) is 59.2 Å². The van der Waals surface area contributed by atoms with E-state index in [1.165, 1.54) is 16.7 Å². The van der Waals surface area contributed by atoms with Gasteiger partial charge in [0.05, 0.1) is 12.6 Å². The summed E-state index contributed by atoms with van der Waals surface area (Å²) in [5.41, 5.74) is 4.00. The Morgan fingerprint density at radius 2 is 2.00 bits per heavy atom. The van der Waals surface area contributed by atoms with Crippen molar-refractivity contribution in [2.45, 2.75) is 18.9 Å². The fraction of sp³-hybridized carbons (Fsp3) is 0.333. The van der Waals surface area contributed by atoms with E-state index in [-0.39, 0.29) is 0 Å². The van der Waals surface area contributed by atoms with Crippen LogP contribution in [-0.4, -0.2) is 19.8 Å². The lowest BCUT2D eigenvalue weighted by Crippen LogP contribution is -2.24. The molecule has 0 fully saturated rings. The summed E-state index contributed by atoms with van der Waals surface area (Å²) in [5, 5.41) is 3.60. The van der Waals surface area contributed by atoms with Crippen molar-refractivity contribution in [2.24, 2.45) is 0 Å². The Kier molecular flexibility index (Phi) is 3.28. The summed E-state index contributed by atoms with van der Waals surface area (Å²) in [4.78, 5) is 0. The summed E-state index contributed by atoms with van der Waals surface area (Å²) in [6, 6.07) is 15.2. The first-order valence-corrected chi connectivity index (χ1v) is 7.60. The molecule has 0 radical (unpaired) electrons. The minimum Gasteiger partial charge on any atom is -0.493 e. The molecule has 0 aliphatic carbocycles. The number of hydrogen-bond donors (Lipinski definition) is 1. The van der Waals surface area contributed by atoms with Crippen molar-refractivity contribution in [2.75, 3.05) is 19.8 Å². The van der Waals surface area contributed by atoms with Crippen LogP contribution in [0.15, 0.2) is 42.5 Å². The van der Waals surface area contributed by atoms with Crippen LogP contribution in [0, 0.1) is 0 Å². The van der Waals surface area contributed by atoms with Gasteiger partial charge in [-0.2, -0.15) is 0 Å². The molecule has 1 N–H and O–H groups in total. The fourth-order valence-electron chi connectivity index (χ4n) is 3.12. The van der Waals surface area contributed by atoms with Gasteiger partial charge in [-0.1, -0.05) is 30.3 Å². The van der Waals surface area contributed by atoms with E-state index in [4.69, 9.17) is 9.47 Å². The van der Waals surface area contributed by atoms with Crippen LogP contribution in [0.1, 0.15) is 22.7 Å². The molecule has 0 aromatic heterocycles. The molecule has 0 bridgehead atoms. The molecule has 0 spiro atoms. The molecule has 21 heavy (non-hydrogen) atoms. The summed E-state index contributed by atoms with van der Waals surface area (Å²) in [6.07, 6.45) is 2.08.